The number of aromatic nitrogens is 1. The molecule has 14 heavy (non-hydrogen) atoms. The third-order valence-electron chi connectivity index (χ3n) is 2.17. The van der Waals surface area contributed by atoms with Crippen LogP contribution in [0, 0.1) is 0 Å². The Morgan fingerprint density at radius 3 is 2.71 bits per heavy atom. The van der Waals surface area contributed by atoms with Gasteiger partial charge in [0.25, 0.3) is 0 Å². The maximum absolute atomic E-state index is 5.76. The summed E-state index contributed by atoms with van der Waals surface area (Å²) in [6.07, 6.45) is 0.135. The zero-order valence-corrected chi connectivity index (χ0v) is 9.38. The van der Waals surface area contributed by atoms with E-state index >= 15 is 0 Å². The van der Waals surface area contributed by atoms with Gasteiger partial charge in [0.05, 0.1) is 12.1 Å². The summed E-state index contributed by atoms with van der Waals surface area (Å²) in [7, 11) is 1.69. The molecule has 78 valence electrons. The monoisotopic (exact) mass is 214 g/mol. The van der Waals surface area contributed by atoms with Crippen molar-refractivity contribution in [2.45, 2.75) is 26.0 Å². The second-order valence-electron chi connectivity index (χ2n) is 3.22. The number of methoxy groups -OCH3 is 1. The van der Waals surface area contributed by atoms with Crippen LogP contribution in [0.3, 0.4) is 0 Å². The summed E-state index contributed by atoms with van der Waals surface area (Å²) in [5.74, 6) is 0.772. The Morgan fingerprint density at radius 2 is 2.14 bits per heavy atom. The Hall–Kier alpha value is -0.800. The Balaban J connectivity index is 2.60. The lowest BCUT2D eigenvalue weighted by Crippen LogP contribution is -2.29. The van der Waals surface area contributed by atoms with Gasteiger partial charge in [-0.15, -0.1) is 0 Å². The van der Waals surface area contributed by atoms with Gasteiger partial charge in [-0.05, 0) is 26.0 Å². The Labute approximate surface area is 89.4 Å². The zero-order valence-electron chi connectivity index (χ0n) is 8.62. The number of rotatable bonds is 4. The average molecular weight is 215 g/mol. The number of nitrogens with one attached hydrogen (secondary N) is 1. The van der Waals surface area contributed by atoms with E-state index in [-0.39, 0.29) is 12.1 Å². The third-order valence-corrected chi connectivity index (χ3v) is 2.38. The van der Waals surface area contributed by atoms with Crippen molar-refractivity contribution in [1.82, 2.24) is 4.98 Å². The first kappa shape index (κ1) is 11.3. The molecule has 0 aliphatic carbocycles. The summed E-state index contributed by atoms with van der Waals surface area (Å²) in [4.78, 5) is 4.13. The zero-order chi connectivity index (χ0) is 10.6. The van der Waals surface area contributed by atoms with Gasteiger partial charge in [0.1, 0.15) is 11.0 Å². The molecule has 2 unspecified atom stereocenters. The molecule has 0 radical (unpaired) electrons. The van der Waals surface area contributed by atoms with E-state index in [1.54, 1.807) is 13.2 Å². The van der Waals surface area contributed by atoms with Gasteiger partial charge in [-0.25, -0.2) is 4.98 Å². The molecule has 0 aromatic carbocycles. The van der Waals surface area contributed by atoms with Gasteiger partial charge < -0.3 is 10.1 Å². The number of nitrogens with zero attached hydrogens (tertiary/aromatic N) is 1. The highest BCUT2D eigenvalue weighted by molar-refractivity contribution is 6.29. The minimum absolute atomic E-state index is 0.135. The molecule has 0 bridgehead atoms. The Kier molecular flexibility index (Phi) is 4.17. The first-order valence-corrected chi connectivity index (χ1v) is 4.93. The Morgan fingerprint density at radius 1 is 1.43 bits per heavy atom. The lowest BCUT2D eigenvalue weighted by atomic mass is 10.2. The van der Waals surface area contributed by atoms with Crippen LogP contribution in [-0.2, 0) is 4.74 Å². The predicted molar refractivity (Wildman–Crippen MR) is 58.8 cm³/mol. The quantitative estimate of drug-likeness (QED) is 0.783. The number of hydrogen-bond donors (Lipinski definition) is 1. The maximum atomic E-state index is 5.76. The third kappa shape index (κ3) is 3.16. The van der Waals surface area contributed by atoms with Crippen molar-refractivity contribution in [2.75, 3.05) is 12.4 Å². The van der Waals surface area contributed by atoms with Crippen LogP contribution in [0.1, 0.15) is 13.8 Å². The topological polar surface area (TPSA) is 34.1 Å². The second kappa shape index (κ2) is 5.17. The first-order chi connectivity index (χ1) is 6.63. The fourth-order valence-corrected chi connectivity index (χ4v) is 1.21. The summed E-state index contributed by atoms with van der Waals surface area (Å²) in [6, 6.07) is 5.69. The van der Waals surface area contributed by atoms with E-state index in [2.05, 4.69) is 10.3 Å². The molecule has 0 saturated carbocycles. The molecule has 0 spiro atoms. The van der Waals surface area contributed by atoms with Crippen molar-refractivity contribution in [3.05, 3.63) is 23.4 Å². The number of ether oxygens (including phenoxy) is 1. The molecule has 0 fully saturated rings. The normalized spacial score (nSPS) is 14.9. The average Bonchev–Trinajstić information content (AvgIpc) is 2.16. The molecule has 1 aromatic rings. The number of pyridine rings is 1. The van der Waals surface area contributed by atoms with Gasteiger partial charge in [-0.2, -0.15) is 0 Å². The minimum Gasteiger partial charge on any atom is -0.380 e. The van der Waals surface area contributed by atoms with Crippen molar-refractivity contribution in [1.29, 1.82) is 0 Å². The van der Waals surface area contributed by atoms with Crippen molar-refractivity contribution in [2.24, 2.45) is 0 Å². The summed E-state index contributed by atoms with van der Waals surface area (Å²) in [6.45, 7) is 4.04. The molecule has 0 aliphatic rings. The summed E-state index contributed by atoms with van der Waals surface area (Å²) in [5, 5.41) is 3.71. The van der Waals surface area contributed by atoms with E-state index in [1.165, 1.54) is 0 Å². The molecule has 0 saturated heterocycles. The van der Waals surface area contributed by atoms with Crippen LogP contribution < -0.4 is 5.32 Å². The minimum atomic E-state index is 0.135. The van der Waals surface area contributed by atoms with E-state index in [0.29, 0.717) is 5.15 Å². The standard InChI is InChI=1S/C10H15ClN2O/c1-7(8(2)14-3)12-10-6-4-5-9(11)13-10/h4-8H,1-3H3,(H,12,13). The van der Waals surface area contributed by atoms with Gasteiger partial charge in [-0.1, -0.05) is 17.7 Å². The molecule has 4 heteroatoms. The fraction of sp³-hybridized carbons (Fsp3) is 0.500. The molecule has 1 heterocycles. The van der Waals surface area contributed by atoms with Crippen LogP contribution in [0.2, 0.25) is 5.15 Å². The molecule has 3 nitrogen and oxygen atoms in total. The van der Waals surface area contributed by atoms with E-state index in [0.717, 1.165) is 5.82 Å². The molecular weight excluding hydrogens is 200 g/mol. The fourth-order valence-electron chi connectivity index (χ4n) is 1.04. The van der Waals surface area contributed by atoms with Gasteiger partial charge in [0, 0.05) is 7.11 Å². The number of anilines is 1. The number of halogens is 1. The first-order valence-electron chi connectivity index (χ1n) is 4.55. The van der Waals surface area contributed by atoms with Crippen LogP contribution in [0.4, 0.5) is 5.82 Å². The van der Waals surface area contributed by atoms with Crippen molar-refractivity contribution < 1.29 is 4.74 Å². The van der Waals surface area contributed by atoms with Gasteiger partial charge in [-0.3, -0.25) is 0 Å². The van der Waals surface area contributed by atoms with Crippen LogP contribution in [0.25, 0.3) is 0 Å². The molecular formula is C10H15ClN2O. The van der Waals surface area contributed by atoms with Gasteiger partial charge >= 0.3 is 0 Å². The van der Waals surface area contributed by atoms with Gasteiger partial charge in [0.15, 0.2) is 0 Å². The smallest absolute Gasteiger partial charge is 0.131 e. The lowest BCUT2D eigenvalue weighted by Gasteiger charge is -2.20. The second-order valence-corrected chi connectivity index (χ2v) is 3.61. The summed E-state index contributed by atoms with van der Waals surface area (Å²) >= 11 is 5.76. The van der Waals surface area contributed by atoms with Crippen molar-refractivity contribution >= 4 is 17.4 Å². The predicted octanol–water partition coefficient (Wildman–Crippen LogP) is 2.57. The molecule has 2 atom stereocenters. The van der Waals surface area contributed by atoms with Crippen LogP contribution in [0.5, 0.6) is 0 Å². The molecule has 1 N–H and O–H groups in total. The van der Waals surface area contributed by atoms with Gasteiger partial charge in [0.2, 0.25) is 0 Å². The van der Waals surface area contributed by atoms with Crippen LogP contribution in [0.15, 0.2) is 18.2 Å². The molecule has 0 amide bonds. The summed E-state index contributed by atoms with van der Waals surface area (Å²) < 4.78 is 5.19. The van der Waals surface area contributed by atoms with E-state index in [1.807, 2.05) is 26.0 Å². The molecule has 1 rings (SSSR count). The van der Waals surface area contributed by atoms with E-state index in [4.69, 9.17) is 16.3 Å². The molecule has 0 aliphatic heterocycles. The highest BCUT2D eigenvalue weighted by Gasteiger charge is 2.10. The van der Waals surface area contributed by atoms with E-state index < -0.39 is 0 Å². The van der Waals surface area contributed by atoms with E-state index in [9.17, 15) is 0 Å². The van der Waals surface area contributed by atoms with Crippen molar-refractivity contribution in [3.8, 4) is 0 Å². The maximum Gasteiger partial charge on any atom is 0.131 e. The highest BCUT2D eigenvalue weighted by Crippen LogP contribution is 2.11. The Bertz CT molecular complexity index is 293. The summed E-state index contributed by atoms with van der Waals surface area (Å²) in [5.41, 5.74) is 0. The van der Waals surface area contributed by atoms with Crippen LogP contribution in [-0.4, -0.2) is 24.2 Å². The SMILES string of the molecule is COC(C)C(C)Nc1cccc(Cl)n1. The largest absolute Gasteiger partial charge is 0.380 e. The number of hydrogen-bond acceptors (Lipinski definition) is 3. The highest BCUT2D eigenvalue weighted by atomic mass is 35.5. The van der Waals surface area contributed by atoms with Crippen molar-refractivity contribution in [3.63, 3.8) is 0 Å². The lowest BCUT2D eigenvalue weighted by molar-refractivity contribution is 0.106. The van der Waals surface area contributed by atoms with Crippen LogP contribution >= 0.6 is 11.6 Å². The molecule has 1 aromatic heterocycles.